The molecule has 0 radical (unpaired) electrons. The number of halogens is 3. The van der Waals surface area contributed by atoms with Crippen LogP contribution in [0.15, 0.2) is 45.8 Å². The minimum atomic E-state index is -4.40. The highest BCUT2D eigenvalue weighted by Crippen LogP contribution is 2.24. The molecule has 0 amide bonds. The lowest BCUT2D eigenvalue weighted by Gasteiger charge is -2.10. The van der Waals surface area contributed by atoms with E-state index in [1.807, 2.05) is 4.72 Å². The molecule has 0 heterocycles. The molecule has 0 unspecified atom stereocenters. The van der Waals surface area contributed by atoms with Gasteiger partial charge in [-0.3, -0.25) is 4.72 Å². The van der Waals surface area contributed by atoms with Crippen molar-refractivity contribution in [2.24, 2.45) is 0 Å². The Kier molecular flexibility index (Phi) is 4.47. The highest BCUT2D eigenvalue weighted by Gasteiger charge is 2.22. The fourth-order valence-corrected chi connectivity index (χ4v) is 3.08. The number of hydrogen-bond donors (Lipinski definition) is 2. The third kappa shape index (κ3) is 3.42. The second-order valence-corrected chi connectivity index (χ2v) is 6.75. The summed E-state index contributed by atoms with van der Waals surface area (Å²) in [6, 6.07) is 5.94. The van der Waals surface area contributed by atoms with Crippen LogP contribution < -0.4 is 4.72 Å². The number of aromatic carboxylic acids is 1. The SMILES string of the molecule is O=C(O)c1ccc(S(=O)(=O)Nc2ccc(Br)cc2F)c(F)c1. The van der Waals surface area contributed by atoms with Crippen LogP contribution in [0.1, 0.15) is 10.4 Å². The summed E-state index contributed by atoms with van der Waals surface area (Å²) in [4.78, 5) is 9.92. The topological polar surface area (TPSA) is 83.5 Å². The van der Waals surface area contributed by atoms with Gasteiger partial charge in [-0.1, -0.05) is 15.9 Å². The van der Waals surface area contributed by atoms with Crippen molar-refractivity contribution in [3.8, 4) is 0 Å². The normalized spacial score (nSPS) is 11.2. The fraction of sp³-hybridized carbons (Fsp3) is 0. The predicted octanol–water partition coefficient (Wildman–Crippen LogP) is 3.23. The van der Waals surface area contributed by atoms with E-state index in [0.29, 0.717) is 10.5 Å². The molecule has 0 aliphatic rings. The maximum Gasteiger partial charge on any atom is 0.335 e. The molecule has 0 aliphatic heterocycles. The lowest BCUT2D eigenvalue weighted by atomic mass is 10.2. The van der Waals surface area contributed by atoms with E-state index in [4.69, 9.17) is 5.11 Å². The quantitative estimate of drug-likeness (QED) is 0.837. The lowest BCUT2D eigenvalue weighted by molar-refractivity contribution is 0.0696. The number of sulfonamides is 1. The van der Waals surface area contributed by atoms with E-state index in [9.17, 15) is 22.0 Å². The Labute approximate surface area is 132 Å². The zero-order valence-corrected chi connectivity index (χ0v) is 13.1. The van der Waals surface area contributed by atoms with Gasteiger partial charge >= 0.3 is 5.97 Å². The number of carboxylic acid groups (broad SMARTS) is 1. The van der Waals surface area contributed by atoms with Crippen LogP contribution in [0, 0.1) is 11.6 Å². The molecule has 9 heteroatoms. The van der Waals surface area contributed by atoms with E-state index in [0.717, 1.165) is 18.2 Å². The van der Waals surface area contributed by atoms with E-state index >= 15 is 0 Å². The summed E-state index contributed by atoms with van der Waals surface area (Å²) in [5, 5.41) is 8.71. The Bertz CT molecular complexity index is 855. The highest BCUT2D eigenvalue weighted by molar-refractivity contribution is 9.10. The van der Waals surface area contributed by atoms with Crippen molar-refractivity contribution in [2.75, 3.05) is 4.72 Å². The first-order chi connectivity index (χ1) is 10.2. The van der Waals surface area contributed by atoms with Gasteiger partial charge in [-0.15, -0.1) is 0 Å². The molecule has 0 saturated heterocycles. The van der Waals surface area contributed by atoms with E-state index in [1.165, 1.54) is 12.1 Å². The molecule has 0 fully saturated rings. The molecule has 0 spiro atoms. The van der Waals surface area contributed by atoms with Crippen LogP contribution in [-0.4, -0.2) is 19.5 Å². The summed E-state index contributed by atoms with van der Waals surface area (Å²) in [7, 11) is -4.40. The van der Waals surface area contributed by atoms with Crippen LogP contribution in [0.3, 0.4) is 0 Å². The average molecular weight is 392 g/mol. The molecule has 0 bridgehead atoms. The molecule has 2 aromatic rings. The second kappa shape index (κ2) is 6.01. The largest absolute Gasteiger partial charge is 0.478 e. The third-order valence-corrected chi connectivity index (χ3v) is 4.54. The van der Waals surface area contributed by atoms with E-state index < -0.39 is 38.1 Å². The van der Waals surface area contributed by atoms with Crippen LogP contribution in [0.2, 0.25) is 0 Å². The molecule has 0 atom stereocenters. The van der Waals surface area contributed by atoms with Gasteiger partial charge in [-0.05, 0) is 36.4 Å². The van der Waals surface area contributed by atoms with Crippen molar-refractivity contribution in [3.05, 3.63) is 58.1 Å². The standard InChI is InChI=1S/C13H8BrF2NO4S/c14-8-2-3-11(9(15)6-8)17-22(20,21)12-4-1-7(13(18)19)5-10(12)16/h1-6,17H,(H,18,19). The number of carboxylic acids is 1. The first-order valence-corrected chi connectivity index (χ1v) is 7.99. The zero-order valence-electron chi connectivity index (χ0n) is 10.7. The minimum Gasteiger partial charge on any atom is -0.478 e. The number of hydrogen-bond acceptors (Lipinski definition) is 3. The molecule has 0 saturated carbocycles. The van der Waals surface area contributed by atoms with E-state index in [-0.39, 0.29) is 5.69 Å². The maximum absolute atomic E-state index is 13.8. The monoisotopic (exact) mass is 391 g/mol. The number of nitrogens with one attached hydrogen (secondary N) is 1. The lowest BCUT2D eigenvalue weighted by Crippen LogP contribution is -2.16. The average Bonchev–Trinajstić information content (AvgIpc) is 2.41. The third-order valence-electron chi connectivity index (χ3n) is 2.64. The van der Waals surface area contributed by atoms with Gasteiger partial charge in [0.15, 0.2) is 0 Å². The Hall–Kier alpha value is -2.00. The first-order valence-electron chi connectivity index (χ1n) is 5.71. The van der Waals surface area contributed by atoms with Crippen molar-refractivity contribution < 1.29 is 27.1 Å². The summed E-state index contributed by atoms with van der Waals surface area (Å²) in [5.41, 5.74) is -0.754. The van der Waals surface area contributed by atoms with Gasteiger partial charge in [0, 0.05) is 4.47 Å². The summed E-state index contributed by atoms with van der Waals surface area (Å²) in [6.07, 6.45) is 0. The fourth-order valence-electron chi connectivity index (χ4n) is 1.62. The predicted molar refractivity (Wildman–Crippen MR) is 78.3 cm³/mol. The summed E-state index contributed by atoms with van der Waals surface area (Å²) >= 11 is 3.02. The maximum atomic E-state index is 13.8. The Morgan fingerprint density at radius 1 is 1.09 bits per heavy atom. The van der Waals surface area contributed by atoms with Crippen molar-refractivity contribution in [1.82, 2.24) is 0 Å². The smallest absolute Gasteiger partial charge is 0.335 e. The Morgan fingerprint density at radius 2 is 1.77 bits per heavy atom. The first kappa shape index (κ1) is 16.4. The van der Waals surface area contributed by atoms with E-state index in [2.05, 4.69) is 15.9 Å². The van der Waals surface area contributed by atoms with Crippen LogP contribution >= 0.6 is 15.9 Å². The summed E-state index contributed by atoms with van der Waals surface area (Å²) < 4.78 is 53.9. The van der Waals surface area contributed by atoms with Gasteiger partial charge in [0.05, 0.1) is 11.3 Å². The zero-order chi connectivity index (χ0) is 16.5. The molecule has 5 nitrogen and oxygen atoms in total. The van der Waals surface area contributed by atoms with Crippen LogP contribution in [0.25, 0.3) is 0 Å². The highest BCUT2D eigenvalue weighted by atomic mass is 79.9. The second-order valence-electron chi connectivity index (χ2n) is 4.18. The number of benzene rings is 2. The molecular weight excluding hydrogens is 384 g/mol. The van der Waals surface area contributed by atoms with Crippen molar-refractivity contribution in [1.29, 1.82) is 0 Å². The van der Waals surface area contributed by atoms with Gasteiger partial charge in [0.2, 0.25) is 0 Å². The number of carbonyl (C=O) groups is 1. The molecule has 22 heavy (non-hydrogen) atoms. The van der Waals surface area contributed by atoms with Crippen molar-refractivity contribution in [3.63, 3.8) is 0 Å². The van der Waals surface area contributed by atoms with Crippen LogP contribution in [0.4, 0.5) is 14.5 Å². The molecule has 2 N–H and O–H groups in total. The van der Waals surface area contributed by atoms with Gasteiger partial charge < -0.3 is 5.11 Å². The molecular formula is C13H8BrF2NO4S. The van der Waals surface area contributed by atoms with Gasteiger partial charge in [-0.25, -0.2) is 22.0 Å². The number of anilines is 1. The van der Waals surface area contributed by atoms with Crippen LogP contribution in [-0.2, 0) is 10.0 Å². The van der Waals surface area contributed by atoms with Gasteiger partial charge in [0.1, 0.15) is 16.5 Å². The minimum absolute atomic E-state index is 0.357. The molecule has 2 rings (SSSR count). The number of rotatable bonds is 4. The molecule has 0 aromatic heterocycles. The summed E-state index contributed by atoms with van der Waals surface area (Å²) in [5.74, 6) is -3.49. The van der Waals surface area contributed by atoms with Crippen LogP contribution in [0.5, 0.6) is 0 Å². The van der Waals surface area contributed by atoms with Crippen molar-refractivity contribution >= 4 is 37.6 Å². The van der Waals surface area contributed by atoms with Gasteiger partial charge in [-0.2, -0.15) is 0 Å². The molecule has 0 aliphatic carbocycles. The van der Waals surface area contributed by atoms with E-state index in [1.54, 1.807) is 0 Å². The molecule has 116 valence electrons. The van der Waals surface area contributed by atoms with Gasteiger partial charge in [0.25, 0.3) is 10.0 Å². The van der Waals surface area contributed by atoms with Crippen molar-refractivity contribution in [2.45, 2.75) is 4.90 Å². The Balaban J connectivity index is 2.40. The molecule has 2 aromatic carbocycles. The Morgan fingerprint density at radius 3 is 2.32 bits per heavy atom. The summed E-state index contributed by atoms with van der Waals surface area (Å²) in [6.45, 7) is 0.